The number of aromatic nitrogens is 1. The molecule has 0 atom stereocenters. The van der Waals surface area contributed by atoms with Crippen LogP contribution in [0, 0.1) is 6.92 Å². The average Bonchev–Trinajstić information content (AvgIpc) is 3.26. The number of aryl methyl sites for hydroxylation is 1. The lowest BCUT2D eigenvalue weighted by Crippen LogP contribution is -2.33. The molecule has 1 fully saturated rings. The lowest BCUT2D eigenvalue weighted by molar-refractivity contribution is -0.130. The fourth-order valence-electron chi connectivity index (χ4n) is 2.96. The molecule has 1 aliphatic rings. The largest absolute Gasteiger partial charge is 0.355 e. The second kappa shape index (κ2) is 8.25. The van der Waals surface area contributed by atoms with E-state index >= 15 is 0 Å². The number of nitrogens with zero attached hydrogens (tertiary/aromatic N) is 2. The van der Waals surface area contributed by atoms with E-state index in [-0.39, 0.29) is 18.2 Å². The van der Waals surface area contributed by atoms with Gasteiger partial charge in [-0.25, -0.2) is 4.98 Å². The normalized spacial score (nSPS) is 13.9. The summed E-state index contributed by atoms with van der Waals surface area (Å²) in [5.74, 6) is 0.0449. The SMILES string of the molecule is Cc1cccc(-c2nc(CC(=O)NCCC(=O)N3CCCC3)cs2)c1. The molecule has 0 spiro atoms. The fourth-order valence-corrected chi connectivity index (χ4v) is 3.78. The number of likely N-dealkylation sites (tertiary alicyclic amines) is 1. The Morgan fingerprint density at radius 2 is 2.08 bits per heavy atom. The Morgan fingerprint density at radius 3 is 2.84 bits per heavy atom. The maximum atomic E-state index is 12.0. The van der Waals surface area contributed by atoms with Crippen molar-refractivity contribution in [2.45, 2.75) is 32.6 Å². The second-order valence-corrected chi connectivity index (χ2v) is 7.24. The standard InChI is InChI=1S/C19H23N3O2S/c1-14-5-4-6-15(11-14)19-21-16(13-25-19)12-17(23)20-8-7-18(24)22-9-2-3-10-22/h4-6,11,13H,2-3,7-10,12H2,1H3,(H,20,23). The summed E-state index contributed by atoms with van der Waals surface area (Å²) in [6.45, 7) is 4.15. The highest BCUT2D eigenvalue weighted by Crippen LogP contribution is 2.24. The van der Waals surface area contributed by atoms with Crippen LogP contribution in [0.15, 0.2) is 29.6 Å². The average molecular weight is 357 g/mol. The molecule has 0 saturated carbocycles. The molecule has 1 N–H and O–H groups in total. The first-order valence-corrected chi connectivity index (χ1v) is 9.56. The lowest BCUT2D eigenvalue weighted by atomic mass is 10.1. The zero-order chi connectivity index (χ0) is 17.6. The summed E-state index contributed by atoms with van der Waals surface area (Å²) in [5, 5.41) is 5.67. The number of carbonyl (C=O) groups excluding carboxylic acids is 2. The molecule has 1 saturated heterocycles. The van der Waals surface area contributed by atoms with Gasteiger partial charge in [-0.3, -0.25) is 9.59 Å². The molecule has 3 rings (SSSR count). The molecular weight excluding hydrogens is 334 g/mol. The van der Waals surface area contributed by atoms with Crippen molar-refractivity contribution in [1.82, 2.24) is 15.2 Å². The molecule has 0 unspecified atom stereocenters. The summed E-state index contributed by atoms with van der Waals surface area (Å²) in [4.78, 5) is 30.4. The smallest absolute Gasteiger partial charge is 0.226 e. The van der Waals surface area contributed by atoms with E-state index in [1.54, 1.807) is 11.3 Å². The topological polar surface area (TPSA) is 62.3 Å². The van der Waals surface area contributed by atoms with Crippen LogP contribution in [-0.2, 0) is 16.0 Å². The third-order valence-electron chi connectivity index (χ3n) is 4.28. The van der Waals surface area contributed by atoms with Crippen LogP contribution in [0.25, 0.3) is 10.6 Å². The predicted molar refractivity (Wildman–Crippen MR) is 99.4 cm³/mol. The molecule has 1 aromatic carbocycles. The molecule has 5 nitrogen and oxygen atoms in total. The van der Waals surface area contributed by atoms with E-state index in [0.29, 0.717) is 13.0 Å². The fraction of sp³-hybridized carbons (Fsp3) is 0.421. The van der Waals surface area contributed by atoms with Crippen LogP contribution in [0.2, 0.25) is 0 Å². The van der Waals surface area contributed by atoms with Crippen molar-refractivity contribution in [3.8, 4) is 10.6 Å². The maximum Gasteiger partial charge on any atom is 0.226 e. The Kier molecular flexibility index (Phi) is 5.81. The highest BCUT2D eigenvalue weighted by atomic mass is 32.1. The number of rotatable bonds is 6. The Bertz CT molecular complexity index is 751. The van der Waals surface area contributed by atoms with Crippen molar-refractivity contribution < 1.29 is 9.59 Å². The minimum atomic E-state index is -0.0877. The van der Waals surface area contributed by atoms with E-state index in [0.717, 1.165) is 42.2 Å². The molecule has 6 heteroatoms. The first-order chi connectivity index (χ1) is 12.1. The highest BCUT2D eigenvalue weighted by Gasteiger charge is 2.17. The number of thiazole rings is 1. The molecule has 0 aliphatic carbocycles. The first kappa shape index (κ1) is 17.6. The van der Waals surface area contributed by atoms with Crippen molar-refractivity contribution >= 4 is 23.2 Å². The van der Waals surface area contributed by atoms with Gasteiger partial charge < -0.3 is 10.2 Å². The van der Waals surface area contributed by atoms with Gasteiger partial charge in [-0.1, -0.05) is 23.8 Å². The third-order valence-corrected chi connectivity index (χ3v) is 5.22. The molecule has 2 aromatic rings. The lowest BCUT2D eigenvalue weighted by Gasteiger charge is -2.15. The van der Waals surface area contributed by atoms with E-state index in [1.807, 2.05) is 22.4 Å². The Balaban J connectivity index is 1.46. The van der Waals surface area contributed by atoms with Gasteiger partial charge in [-0.2, -0.15) is 0 Å². The zero-order valence-corrected chi connectivity index (χ0v) is 15.3. The van der Waals surface area contributed by atoms with Crippen LogP contribution < -0.4 is 5.32 Å². The van der Waals surface area contributed by atoms with Gasteiger partial charge in [-0.05, 0) is 25.8 Å². The van der Waals surface area contributed by atoms with Crippen molar-refractivity contribution in [3.63, 3.8) is 0 Å². The third kappa shape index (κ3) is 4.89. The van der Waals surface area contributed by atoms with Crippen LogP contribution in [0.3, 0.4) is 0 Å². The van der Waals surface area contributed by atoms with Crippen LogP contribution in [0.4, 0.5) is 0 Å². The quantitative estimate of drug-likeness (QED) is 0.865. The molecule has 0 bridgehead atoms. The van der Waals surface area contributed by atoms with Gasteiger partial charge in [0.2, 0.25) is 11.8 Å². The minimum absolute atomic E-state index is 0.0877. The van der Waals surface area contributed by atoms with E-state index in [1.165, 1.54) is 5.56 Å². The summed E-state index contributed by atoms with van der Waals surface area (Å²) in [6.07, 6.45) is 2.80. The summed E-state index contributed by atoms with van der Waals surface area (Å²) in [7, 11) is 0. The van der Waals surface area contributed by atoms with Crippen molar-refractivity contribution in [3.05, 3.63) is 40.9 Å². The molecule has 25 heavy (non-hydrogen) atoms. The second-order valence-electron chi connectivity index (χ2n) is 6.38. The van der Waals surface area contributed by atoms with Crippen LogP contribution in [0.5, 0.6) is 0 Å². The van der Waals surface area contributed by atoms with Crippen molar-refractivity contribution in [2.75, 3.05) is 19.6 Å². The monoisotopic (exact) mass is 357 g/mol. The molecule has 2 amide bonds. The molecule has 1 aliphatic heterocycles. The summed E-state index contributed by atoms with van der Waals surface area (Å²) in [6, 6.07) is 8.18. The van der Waals surface area contributed by atoms with Gasteiger partial charge >= 0.3 is 0 Å². The number of benzene rings is 1. The molecule has 1 aromatic heterocycles. The molecular formula is C19H23N3O2S. The maximum absolute atomic E-state index is 12.0. The predicted octanol–water partition coefficient (Wildman–Crippen LogP) is 2.79. The summed E-state index contributed by atoms with van der Waals surface area (Å²) < 4.78 is 0. The number of hydrogen-bond acceptors (Lipinski definition) is 4. The van der Waals surface area contributed by atoms with Gasteiger partial charge in [0.1, 0.15) is 5.01 Å². The van der Waals surface area contributed by atoms with Gasteiger partial charge in [0, 0.05) is 37.0 Å². The van der Waals surface area contributed by atoms with E-state index < -0.39 is 0 Å². The molecule has 2 heterocycles. The van der Waals surface area contributed by atoms with E-state index in [4.69, 9.17) is 0 Å². The first-order valence-electron chi connectivity index (χ1n) is 8.68. The highest BCUT2D eigenvalue weighted by molar-refractivity contribution is 7.13. The number of carbonyl (C=O) groups is 2. The number of hydrogen-bond donors (Lipinski definition) is 1. The van der Waals surface area contributed by atoms with Gasteiger partial charge in [0.25, 0.3) is 0 Å². The van der Waals surface area contributed by atoms with Gasteiger partial charge in [-0.15, -0.1) is 11.3 Å². The molecule has 132 valence electrons. The van der Waals surface area contributed by atoms with Gasteiger partial charge in [0.05, 0.1) is 12.1 Å². The van der Waals surface area contributed by atoms with Crippen molar-refractivity contribution in [1.29, 1.82) is 0 Å². The Morgan fingerprint density at radius 1 is 1.28 bits per heavy atom. The zero-order valence-electron chi connectivity index (χ0n) is 14.5. The minimum Gasteiger partial charge on any atom is -0.355 e. The van der Waals surface area contributed by atoms with Gasteiger partial charge in [0.15, 0.2) is 0 Å². The van der Waals surface area contributed by atoms with E-state index in [2.05, 4.69) is 29.4 Å². The Hall–Kier alpha value is -2.21. The summed E-state index contributed by atoms with van der Waals surface area (Å²) >= 11 is 1.55. The Labute approximate surface area is 152 Å². The van der Waals surface area contributed by atoms with Crippen LogP contribution in [-0.4, -0.2) is 41.3 Å². The summed E-state index contributed by atoms with van der Waals surface area (Å²) in [5.41, 5.74) is 3.03. The molecule has 0 radical (unpaired) electrons. The number of amides is 2. The van der Waals surface area contributed by atoms with Crippen molar-refractivity contribution in [2.24, 2.45) is 0 Å². The van der Waals surface area contributed by atoms with Crippen LogP contribution >= 0.6 is 11.3 Å². The van der Waals surface area contributed by atoms with E-state index in [9.17, 15) is 9.59 Å². The van der Waals surface area contributed by atoms with Crippen LogP contribution in [0.1, 0.15) is 30.5 Å². The number of nitrogens with one attached hydrogen (secondary N) is 1.